The molecule has 2 N–H and O–H groups in total. The summed E-state index contributed by atoms with van der Waals surface area (Å²) in [5, 5.41) is 13.5. The van der Waals surface area contributed by atoms with Gasteiger partial charge in [-0.15, -0.1) is 0 Å². The number of likely N-dealkylation sites (N-methyl/N-ethyl adjacent to an activating group) is 1. The quantitative estimate of drug-likeness (QED) is 0.123. The van der Waals surface area contributed by atoms with E-state index < -0.39 is 12.1 Å². The minimum absolute atomic E-state index is 0.0746. The standard InChI is InChI=1S/C55H42N6O2/c1-60-34-41(35-17-7-2-8-18-35)55(61(62)63)54(60)40-33-48-51(38-23-13-5-14-24-38)46-30-29-44(57-46)49(36-19-9-3-10-20-36)42-27-28-43(56-42)50(37-21-11-4-12-22-37)45-31-32-47(58-45)52(53(40)59-48)39-25-15-6-16-26-39/h2-33,41,54-55,57-58H,34H2,1H3/t41-,54-,55-/m1/s1. The highest BCUT2D eigenvalue weighted by atomic mass is 16.6. The van der Waals surface area contributed by atoms with Crippen molar-refractivity contribution in [3.05, 3.63) is 214 Å². The Morgan fingerprint density at radius 1 is 0.524 bits per heavy atom. The van der Waals surface area contributed by atoms with E-state index in [2.05, 4.69) is 118 Å². The maximum absolute atomic E-state index is 13.5. The molecular weight excluding hydrogens is 777 g/mol. The van der Waals surface area contributed by atoms with Crippen LogP contribution in [0.5, 0.6) is 0 Å². The highest BCUT2D eigenvalue weighted by Crippen LogP contribution is 2.46. The normalized spacial score (nSPS) is 17.2. The average molecular weight is 819 g/mol. The van der Waals surface area contributed by atoms with Gasteiger partial charge in [-0.05, 0) is 77.4 Å². The molecule has 6 heterocycles. The van der Waals surface area contributed by atoms with Crippen molar-refractivity contribution in [2.45, 2.75) is 18.0 Å². The van der Waals surface area contributed by atoms with Gasteiger partial charge in [-0.3, -0.25) is 15.0 Å². The van der Waals surface area contributed by atoms with Crippen molar-refractivity contribution >= 4 is 45.9 Å². The first kappa shape index (κ1) is 38.0. The van der Waals surface area contributed by atoms with Gasteiger partial charge in [0.25, 0.3) is 0 Å². The lowest BCUT2D eigenvalue weighted by molar-refractivity contribution is -0.525. The first-order valence-corrected chi connectivity index (χ1v) is 21.3. The fourth-order valence-electron chi connectivity index (χ4n) is 9.86. The third kappa shape index (κ3) is 6.77. The van der Waals surface area contributed by atoms with Crippen LogP contribution in [-0.2, 0) is 0 Å². The number of fused-ring (bicyclic) bond motifs is 8. The van der Waals surface area contributed by atoms with Gasteiger partial charge in [0.2, 0.25) is 6.04 Å². The number of benzene rings is 5. The Kier molecular flexibility index (Phi) is 9.55. The number of likely N-dealkylation sites (tertiary alicyclic amines) is 1. The molecule has 8 aromatic rings. The van der Waals surface area contributed by atoms with Gasteiger partial charge in [0.05, 0.1) is 28.7 Å². The molecule has 3 aliphatic rings. The SMILES string of the molecule is CN1C[C@H](c2ccccc2)[C@@H]([N+](=O)[O-])[C@H]1C1=Cc2nc1c(-c1ccccc1)c1ccc([nH]1)c(-c1ccccc1)c1nc(c(-c3ccccc3)c3ccc([nH]3)c2-c2ccccc2)C=C1. The minimum atomic E-state index is -0.936. The summed E-state index contributed by atoms with van der Waals surface area (Å²) in [5.41, 5.74) is 16.0. The molecule has 8 nitrogen and oxygen atoms in total. The molecule has 8 heteroatoms. The number of H-pyrrole nitrogens is 2. The Morgan fingerprint density at radius 2 is 0.921 bits per heavy atom. The second kappa shape index (κ2) is 15.8. The molecule has 5 aromatic carbocycles. The summed E-state index contributed by atoms with van der Waals surface area (Å²) in [4.78, 5) is 34.4. The molecule has 1 saturated heterocycles. The van der Waals surface area contributed by atoms with Gasteiger partial charge in [0, 0.05) is 61.4 Å². The van der Waals surface area contributed by atoms with E-state index >= 15 is 0 Å². The summed E-state index contributed by atoms with van der Waals surface area (Å²) < 4.78 is 0. The van der Waals surface area contributed by atoms with E-state index in [9.17, 15) is 10.1 Å². The zero-order chi connectivity index (χ0) is 42.4. The minimum Gasteiger partial charge on any atom is -0.354 e. The van der Waals surface area contributed by atoms with Crippen LogP contribution in [-0.4, -0.2) is 55.4 Å². The molecule has 0 radical (unpaired) electrons. The number of nitrogens with zero attached hydrogens (tertiary/aromatic N) is 4. The van der Waals surface area contributed by atoms with E-state index in [1.165, 1.54) is 0 Å². The third-order valence-electron chi connectivity index (χ3n) is 12.6. The zero-order valence-corrected chi connectivity index (χ0v) is 34.5. The van der Waals surface area contributed by atoms with Crippen molar-refractivity contribution in [2.75, 3.05) is 13.6 Å². The predicted octanol–water partition coefficient (Wildman–Crippen LogP) is 12.4. The molecule has 0 saturated carbocycles. The largest absolute Gasteiger partial charge is 0.354 e. The summed E-state index contributed by atoms with van der Waals surface area (Å²) >= 11 is 0. The smallest absolute Gasteiger partial charge is 0.240 e. The molecule has 1 fully saturated rings. The van der Waals surface area contributed by atoms with Crippen molar-refractivity contribution in [1.29, 1.82) is 0 Å². The van der Waals surface area contributed by atoms with E-state index in [1.54, 1.807) is 0 Å². The lowest BCUT2D eigenvalue weighted by Crippen LogP contribution is -2.39. The Balaban J connectivity index is 1.31. The van der Waals surface area contributed by atoms with Gasteiger partial charge in [-0.25, -0.2) is 9.97 Å². The monoisotopic (exact) mass is 818 g/mol. The molecule has 0 aliphatic carbocycles. The predicted molar refractivity (Wildman–Crippen MR) is 256 cm³/mol. The van der Waals surface area contributed by atoms with E-state index in [-0.39, 0.29) is 10.8 Å². The van der Waals surface area contributed by atoms with E-state index in [1.807, 2.05) is 98.0 Å². The molecule has 0 spiro atoms. The molecule has 0 amide bonds. The summed E-state index contributed by atoms with van der Waals surface area (Å²) in [6.45, 7) is 0.519. The zero-order valence-electron chi connectivity index (χ0n) is 34.5. The van der Waals surface area contributed by atoms with Crippen molar-refractivity contribution in [3.8, 4) is 44.5 Å². The van der Waals surface area contributed by atoms with E-state index in [0.717, 1.165) is 94.8 Å². The van der Waals surface area contributed by atoms with Gasteiger partial charge in [-0.1, -0.05) is 152 Å². The summed E-state index contributed by atoms with van der Waals surface area (Å²) in [7, 11) is 2.01. The van der Waals surface area contributed by atoms with Crippen LogP contribution in [0.25, 0.3) is 90.4 Å². The summed E-state index contributed by atoms with van der Waals surface area (Å²) in [6.07, 6.45) is 6.32. The van der Waals surface area contributed by atoms with Crippen LogP contribution in [0, 0.1) is 10.1 Å². The maximum atomic E-state index is 13.5. The Bertz CT molecular complexity index is 3250. The molecule has 3 aromatic heterocycles. The van der Waals surface area contributed by atoms with Crippen LogP contribution in [0.2, 0.25) is 0 Å². The van der Waals surface area contributed by atoms with Crippen LogP contribution in [0.15, 0.2) is 176 Å². The van der Waals surface area contributed by atoms with Gasteiger partial charge in [0.1, 0.15) is 6.04 Å². The molecule has 3 atom stereocenters. The fraction of sp³-hybridized carbons (Fsp3) is 0.0909. The summed E-state index contributed by atoms with van der Waals surface area (Å²) in [6, 6.07) is 58.1. The molecule has 304 valence electrons. The van der Waals surface area contributed by atoms with Crippen molar-refractivity contribution < 1.29 is 4.92 Å². The van der Waals surface area contributed by atoms with Crippen LogP contribution in [0.4, 0.5) is 0 Å². The number of hydrogen-bond acceptors (Lipinski definition) is 5. The van der Waals surface area contributed by atoms with Crippen molar-refractivity contribution in [2.24, 2.45) is 0 Å². The number of nitro groups is 1. The number of aromatic amines is 2. The lowest BCUT2D eigenvalue weighted by Gasteiger charge is -2.23. The summed E-state index contributed by atoms with van der Waals surface area (Å²) in [5.74, 6) is -0.332. The van der Waals surface area contributed by atoms with Crippen LogP contribution >= 0.6 is 0 Å². The Labute approximate surface area is 364 Å². The van der Waals surface area contributed by atoms with Gasteiger partial charge in [-0.2, -0.15) is 0 Å². The molecule has 11 rings (SSSR count). The van der Waals surface area contributed by atoms with Gasteiger partial charge < -0.3 is 9.97 Å². The van der Waals surface area contributed by atoms with E-state index in [4.69, 9.17) is 9.97 Å². The average Bonchev–Trinajstić information content (AvgIpc) is 4.19. The van der Waals surface area contributed by atoms with Crippen LogP contribution < -0.4 is 0 Å². The van der Waals surface area contributed by atoms with Gasteiger partial charge in [0.15, 0.2) is 0 Å². The maximum Gasteiger partial charge on any atom is 0.240 e. The topological polar surface area (TPSA) is 104 Å². The number of nitrogens with one attached hydrogen (secondary N) is 2. The first-order chi connectivity index (χ1) is 31.0. The number of aromatic nitrogens is 4. The Hall–Kier alpha value is -7.94. The third-order valence-corrected chi connectivity index (χ3v) is 12.6. The molecular formula is C55H42N6O2. The highest BCUT2D eigenvalue weighted by molar-refractivity contribution is 6.03. The lowest BCUT2D eigenvalue weighted by atomic mass is 9.86. The first-order valence-electron chi connectivity index (χ1n) is 21.3. The van der Waals surface area contributed by atoms with Crippen molar-refractivity contribution in [1.82, 2.24) is 24.8 Å². The number of hydrogen-bond donors (Lipinski definition) is 2. The molecule has 3 aliphatic heterocycles. The van der Waals surface area contributed by atoms with Crippen molar-refractivity contribution in [3.63, 3.8) is 0 Å². The second-order valence-electron chi connectivity index (χ2n) is 16.4. The highest BCUT2D eigenvalue weighted by Gasteiger charge is 2.51. The number of rotatable bonds is 7. The molecule has 0 unspecified atom stereocenters. The van der Waals surface area contributed by atoms with Gasteiger partial charge >= 0.3 is 0 Å². The molecule has 63 heavy (non-hydrogen) atoms. The van der Waals surface area contributed by atoms with Crippen LogP contribution in [0.1, 0.15) is 34.3 Å². The fourth-order valence-corrected chi connectivity index (χ4v) is 9.86. The Morgan fingerprint density at radius 3 is 1.37 bits per heavy atom. The van der Waals surface area contributed by atoms with Crippen LogP contribution in [0.3, 0.4) is 0 Å². The van der Waals surface area contributed by atoms with E-state index in [0.29, 0.717) is 12.2 Å². The second-order valence-corrected chi connectivity index (χ2v) is 16.4. The molecule has 8 bridgehead atoms.